The molecule has 0 aromatic heterocycles. The Bertz CT molecular complexity index is 764. The van der Waals surface area contributed by atoms with Crippen molar-refractivity contribution in [2.24, 2.45) is 10.8 Å². The van der Waals surface area contributed by atoms with E-state index in [4.69, 9.17) is 38.4 Å². The molecule has 0 fully saturated rings. The second-order valence-electron chi connectivity index (χ2n) is 4.91. The number of carbonyl (C=O) groups is 1. The average Bonchev–Trinajstić information content (AvgIpc) is 2.55. The van der Waals surface area contributed by atoms with Gasteiger partial charge in [-0.2, -0.15) is 5.10 Å². The van der Waals surface area contributed by atoms with Crippen LogP contribution >= 0.6 is 23.2 Å². The van der Waals surface area contributed by atoms with Gasteiger partial charge in [0.15, 0.2) is 11.5 Å². The smallest absolute Gasteiger partial charge is 0.332 e. The number of benzene rings is 2. The number of hydrazone groups is 1. The van der Waals surface area contributed by atoms with Crippen molar-refractivity contribution in [3.05, 3.63) is 57.6 Å². The number of ether oxygens (including phenoxy) is 2. The van der Waals surface area contributed by atoms with Crippen LogP contribution in [-0.2, 0) is 6.61 Å². The Kier molecular flexibility index (Phi) is 6.91. The van der Waals surface area contributed by atoms with E-state index in [1.165, 1.54) is 6.21 Å². The molecular formula is C17H17Cl2N3O3. The highest BCUT2D eigenvalue weighted by atomic mass is 35.5. The van der Waals surface area contributed by atoms with E-state index in [0.29, 0.717) is 40.3 Å². The zero-order valence-electron chi connectivity index (χ0n) is 13.5. The Balaban J connectivity index is 2.19. The summed E-state index contributed by atoms with van der Waals surface area (Å²) >= 11 is 12.2. The van der Waals surface area contributed by atoms with Crippen LogP contribution in [0.25, 0.3) is 0 Å². The SMILES string of the molecule is CCOc1cc(/C=N\NC(N)=O)cc(Cl)c1OCc1ccc(Cl)cc1. The maximum absolute atomic E-state index is 10.6. The Hall–Kier alpha value is -2.44. The number of nitrogens with one attached hydrogen (secondary N) is 1. The quantitative estimate of drug-likeness (QED) is 0.561. The predicted molar refractivity (Wildman–Crippen MR) is 98.7 cm³/mol. The van der Waals surface area contributed by atoms with Gasteiger partial charge in [-0.1, -0.05) is 35.3 Å². The van der Waals surface area contributed by atoms with Gasteiger partial charge in [-0.15, -0.1) is 0 Å². The highest BCUT2D eigenvalue weighted by Gasteiger charge is 2.12. The van der Waals surface area contributed by atoms with Gasteiger partial charge < -0.3 is 15.2 Å². The monoisotopic (exact) mass is 381 g/mol. The molecule has 2 amide bonds. The molecule has 0 spiro atoms. The number of carbonyl (C=O) groups excluding carboxylic acids is 1. The molecule has 2 rings (SSSR count). The van der Waals surface area contributed by atoms with Gasteiger partial charge in [-0.25, -0.2) is 10.2 Å². The van der Waals surface area contributed by atoms with Gasteiger partial charge in [0.05, 0.1) is 17.8 Å². The van der Waals surface area contributed by atoms with Crippen LogP contribution in [0.4, 0.5) is 4.79 Å². The summed E-state index contributed by atoms with van der Waals surface area (Å²) in [5.74, 6) is 0.906. The van der Waals surface area contributed by atoms with Gasteiger partial charge >= 0.3 is 6.03 Å². The molecule has 2 aromatic carbocycles. The third kappa shape index (κ3) is 5.85. The maximum Gasteiger partial charge on any atom is 0.332 e. The molecule has 0 aliphatic heterocycles. The minimum Gasteiger partial charge on any atom is -0.490 e. The number of halogens is 2. The molecule has 0 saturated heterocycles. The van der Waals surface area contributed by atoms with E-state index in [2.05, 4.69) is 10.5 Å². The third-order valence-electron chi connectivity index (χ3n) is 3.02. The number of hydrogen-bond donors (Lipinski definition) is 2. The molecule has 3 N–H and O–H groups in total. The van der Waals surface area contributed by atoms with Crippen LogP contribution in [0.2, 0.25) is 10.0 Å². The summed E-state index contributed by atoms with van der Waals surface area (Å²) < 4.78 is 11.4. The molecule has 0 bridgehead atoms. The van der Waals surface area contributed by atoms with Crippen molar-refractivity contribution in [2.45, 2.75) is 13.5 Å². The summed E-state index contributed by atoms with van der Waals surface area (Å²) in [5, 5.41) is 4.72. The summed E-state index contributed by atoms with van der Waals surface area (Å²) in [7, 11) is 0. The molecule has 0 saturated carbocycles. The number of nitrogens with zero attached hydrogens (tertiary/aromatic N) is 1. The number of primary amides is 1. The summed E-state index contributed by atoms with van der Waals surface area (Å²) in [6.07, 6.45) is 1.40. The van der Waals surface area contributed by atoms with Gasteiger partial charge in [0, 0.05) is 5.02 Å². The summed E-state index contributed by atoms with van der Waals surface area (Å²) in [6, 6.07) is 9.91. The van der Waals surface area contributed by atoms with E-state index in [0.717, 1.165) is 5.56 Å². The summed E-state index contributed by atoms with van der Waals surface area (Å²) in [5.41, 5.74) is 8.63. The first-order valence-electron chi connectivity index (χ1n) is 7.41. The normalized spacial score (nSPS) is 10.7. The molecule has 2 aromatic rings. The largest absolute Gasteiger partial charge is 0.490 e. The minimum atomic E-state index is -0.754. The topological polar surface area (TPSA) is 85.9 Å². The lowest BCUT2D eigenvalue weighted by Gasteiger charge is -2.14. The molecule has 132 valence electrons. The number of amides is 2. The van der Waals surface area contributed by atoms with Gasteiger partial charge in [-0.3, -0.25) is 0 Å². The van der Waals surface area contributed by atoms with Gasteiger partial charge in [-0.05, 0) is 42.3 Å². The van der Waals surface area contributed by atoms with Crippen LogP contribution in [-0.4, -0.2) is 18.9 Å². The highest BCUT2D eigenvalue weighted by molar-refractivity contribution is 6.32. The van der Waals surface area contributed by atoms with E-state index in [1.807, 2.05) is 19.1 Å². The van der Waals surface area contributed by atoms with Gasteiger partial charge in [0.2, 0.25) is 0 Å². The lowest BCUT2D eigenvalue weighted by Crippen LogP contribution is -2.24. The Morgan fingerprint density at radius 2 is 1.96 bits per heavy atom. The summed E-state index contributed by atoms with van der Waals surface area (Å²) in [4.78, 5) is 10.6. The van der Waals surface area contributed by atoms with Crippen LogP contribution in [0.5, 0.6) is 11.5 Å². The highest BCUT2D eigenvalue weighted by Crippen LogP contribution is 2.37. The van der Waals surface area contributed by atoms with Crippen LogP contribution in [0.15, 0.2) is 41.5 Å². The van der Waals surface area contributed by atoms with Crippen molar-refractivity contribution in [1.82, 2.24) is 5.43 Å². The second-order valence-corrected chi connectivity index (χ2v) is 5.76. The zero-order chi connectivity index (χ0) is 18.2. The van der Waals surface area contributed by atoms with Gasteiger partial charge in [0.25, 0.3) is 0 Å². The molecular weight excluding hydrogens is 365 g/mol. The number of urea groups is 1. The van der Waals surface area contributed by atoms with Crippen LogP contribution in [0.1, 0.15) is 18.1 Å². The van der Waals surface area contributed by atoms with Crippen molar-refractivity contribution in [1.29, 1.82) is 0 Å². The lowest BCUT2D eigenvalue weighted by atomic mass is 10.2. The molecule has 25 heavy (non-hydrogen) atoms. The Morgan fingerprint density at radius 1 is 1.24 bits per heavy atom. The van der Waals surface area contributed by atoms with E-state index in [1.54, 1.807) is 24.3 Å². The number of hydrogen-bond acceptors (Lipinski definition) is 4. The summed E-state index contributed by atoms with van der Waals surface area (Å²) in [6.45, 7) is 2.60. The van der Waals surface area contributed by atoms with E-state index < -0.39 is 6.03 Å². The van der Waals surface area contributed by atoms with Crippen molar-refractivity contribution < 1.29 is 14.3 Å². The first kappa shape index (κ1) is 18.9. The molecule has 0 unspecified atom stereocenters. The van der Waals surface area contributed by atoms with Gasteiger partial charge in [0.1, 0.15) is 6.61 Å². The Labute approximate surface area is 155 Å². The second kappa shape index (κ2) is 9.15. The van der Waals surface area contributed by atoms with E-state index in [-0.39, 0.29) is 0 Å². The lowest BCUT2D eigenvalue weighted by molar-refractivity contribution is 0.249. The number of rotatable bonds is 7. The molecule has 0 atom stereocenters. The van der Waals surface area contributed by atoms with E-state index in [9.17, 15) is 4.79 Å². The van der Waals surface area contributed by atoms with Crippen molar-refractivity contribution in [3.8, 4) is 11.5 Å². The fraction of sp³-hybridized carbons (Fsp3) is 0.176. The van der Waals surface area contributed by atoms with Crippen molar-refractivity contribution >= 4 is 35.4 Å². The third-order valence-corrected chi connectivity index (χ3v) is 3.55. The van der Waals surface area contributed by atoms with Crippen molar-refractivity contribution in [2.75, 3.05) is 6.61 Å². The molecule has 8 heteroatoms. The fourth-order valence-electron chi connectivity index (χ4n) is 1.97. The van der Waals surface area contributed by atoms with Crippen LogP contribution in [0.3, 0.4) is 0 Å². The predicted octanol–water partition coefficient (Wildman–Crippen LogP) is 3.97. The van der Waals surface area contributed by atoms with Crippen LogP contribution in [0, 0.1) is 0 Å². The standard InChI is InChI=1S/C17H17Cl2N3O3/c1-2-24-15-8-12(9-21-22-17(20)23)7-14(19)16(15)25-10-11-3-5-13(18)6-4-11/h3-9H,2,10H2,1H3,(H3,20,22,23)/b21-9-. The molecule has 0 aliphatic rings. The Morgan fingerprint density at radius 3 is 2.60 bits per heavy atom. The molecule has 0 radical (unpaired) electrons. The fourth-order valence-corrected chi connectivity index (χ4v) is 2.37. The molecule has 0 aliphatic carbocycles. The zero-order valence-corrected chi connectivity index (χ0v) is 15.0. The van der Waals surface area contributed by atoms with Crippen LogP contribution < -0.4 is 20.6 Å². The average molecular weight is 382 g/mol. The number of nitrogens with two attached hydrogens (primary N) is 1. The minimum absolute atomic E-state index is 0.313. The first-order valence-corrected chi connectivity index (χ1v) is 8.17. The maximum atomic E-state index is 10.6. The molecule has 0 heterocycles. The first-order chi connectivity index (χ1) is 12.0. The molecule has 6 nitrogen and oxygen atoms in total. The van der Waals surface area contributed by atoms with Crippen molar-refractivity contribution in [3.63, 3.8) is 0 Å². The van der Waals surface area contributed by atoms with E-state index >= 15 is 0 Å².